The topological polar surface area (TPSA) is 78.5 Å². The van der Waals surface area contributed by atoms with Crippen molar-refractivity contribution in [3.05, 3.63) is 17.5 Å². The second-order valence-corrected chi connectivity index (χ2v) is 10.2. The summed E-state index contributed by atoms with van der Waals surface area (Å²) in [6, 6.07) is 3.29. The van der Waals surface area contributed by atoms with Crippen LogP contribution in [0.5, 0.6) is 0 Å². The standard InChI is InChI=1S/C18H29N3O3S2.ClH/c22-18(20-12-11-19-15-7-3-1-2-4-8-15)16-9-5-13-21(16)26(23,24)17-10-6-14-25-17;/h6,10,14-16,19H,1-5,7-9,11-13H2,(H,20,22);1H. The molecule has 3 rings (SSSR count). The normalized spacial score (nSPS) is 22.1. The van der Waals surface area contributed by atoms with Gasteiger partial charge in [-0.15, -0.1) is 23.7 Å². The summed E-state index contributed by atoms with van der Waals surface area (Å²) in [5.41, 5.74) is 0. The van der Waals surface area contributed by atoms with E-state index in [-0.39, 0.29) is 18.3 Å². The third-order valence-electron chi connectivity index (χ3n) is 5.28. The summed E-state index contributed by atoms with van der Waals surface area (Å²) in [4.78, 5) is 12.5. The fraction of sp³-hybridized carbons (Fsp3) is 0.722. The molecule has 1 unspecified atom stereocenters. The van der Waals surface area contributed by atoms with Crippen LogP contribution in [0.25, 0.3) is 0 Å². The number of carbonyl (C=O) groups excluding carboxylic acids is 1. The zero-order valence-corrected chi connectivity index (χ0v) is 18.0. The van der Waals surface area contributed by atoms with Gasteiger partial charge in [-0.1, -0.05) is 31.7 Å². The third-order valence-corrected chi connectivity index (χ3v) is 8.56. The van der Waals surface area contributed by atoms with Gasteiger partial charge in [0, 0.05) is 25.7 Å². The molecule has 154 valence electrons. The smallest absolute Gasteiger partial charge is 0.253 e. The molecule has 6 nitrogen and oxygen atoms in total. The first-order valence-electron chi connectivity index (χ1n) is 9.65. The highest BCUT2D eigenvalue weighted by molar-refractivity contribution is 7.91. The Balaban J connectivity index is 0.00000261. The molecule has 1 saturated heterocycles. The van der Waals surface area contributed by atoms with E-state index in [0.717, 1.165) is 13.0 Å². The molecule has 1 saturated carbocycles. The monoisotopic (exact) mass is 435 g/mol. The van der Waals surface area contributed by atoms with Crippen molar-refractivity contribution in [1.29, 1.82) is 0 Å². The minimum Gasteiger partial charge on any atom is -0.353 e. The summed E-state index contributed by atoms with van der Waals surface area (Å²) < 4.78 is 27.1. The Morgan fingerprint density at radius 1 is 1.11 bits per heavy atom. The quantitative estimate of drug-likeness (QED) is 0.509. The molecule has 9 heteroatoms. The number of nitrogens with zero attached hydrogens (tertiary/aromatic N) is 1. The fourth-order valence-corrected chi connectivity index (χ4v) is 6.65. The lowest BCUT2D eigenvalue weighted by Crippen LogP contribution is -2.47. The largest absolute Gasteiger partial charge is 0.353 e. The van der Waals surface area contributed by atoms with Crippen LogP contribution in [0.15, 0.2) is 21.7 Å². The summed E-state index contributed by atoms with van der Waals surface area (Å²) >= 11 is 1.20. The van der Waals surface area contributed by atoms with Crippen molar-refractivity contribution >= 4 is 39.7 Å². The van der Waals surface area contributed by atoms with Crippen molar-refractivity contribution in [2.24, 2.45) is 0 Å². The van der Waals surface area contributed by atoms with E-state index in [1.807, 2.05) is 0 Å². The van der Waals surface area contributed by atoms with E-state index in [9.17, 15) is 13.2 Å². The zero-order chi connectivity index (χ0) is 18.4. The molecule has 2 fully saturated rings. The first-order valence-corrected chi connectivity index (χ1v) is 12.0. The van der Waals surface area contributed by atoms with Gasteiger partial charge in [-0.05, 0) is 37.1 Å². The van der Waals surface area contributed by atoms with E-state index in [0.29, 0.717) is 29.8 Å². The predicted octanol–water partition coefficient (Wildman–Crippen LogP) is 2.75. The van der Waals surface area contributed by atoms with Gasteiger partial charge in [0.25, 0.3) is 10.0 Å². The van der Waals surface area contributed by atoms with E-state index in [4.69, 9.17) is 0 Å². The summed E-state index contributed by atoms with van der Waals surface area (Å²) in [5.74, 6) is -0.176. The van der Waals surface area contributed by atoms with Crippen molar-refractivity contribution < 1.29 is 13.2 Å². The highest BCUT2D eigenvalue weighted by Gasteiger charge is 2.39. The van der Waals surface area contributed by atoms with Crippen LogP contribution in [-0.4, -0.2) is 50.3 Å². The Bertz CT molecular complexity index is 674. The maximum Gasteiger partial charge on any atom is 0.253 e. The molecule has 1 atom stereocenters. The third kappa shape index (κ3) is 5.90. The van der Waals surface area contributed by atoms with E-state index in [1.165, 1.54) is 54.2 Å². The average Bonchev–Trinajstić information content (AvgIpc) is 3.28. The number of rotatable bonds is 7. The molecule has 1 amide bonds. The highest BCUT2D eigenvalue weighted by atomic mass is 35.5. The molecule has 27 heavy (non-hydrogen) atoms. The van der Waals surface area contributed by atoms with Crippen LogP contribution in [0.4, 0.5) is 0 Å². The van der Waals surface area contributed by atoms with E-state index >= 15 is 0 Å². The molecule has 1 aromatic heterocycles. The van der Waals surface area contributed by atoms with Crippen LogP contribution in [0.3, 0.4) is 0 Å². The Hall–Kier alpha value is -0.670. The van der Waals surface area contributed by atoms with E-state index in [1.54, 1.807) is 17.5 Å². The number of hydrogen-bond acceptors (Lipinski definition) is 5. The van der Waals surface area contributed by atoms with Crippen LogP contribution in [-0.2, 0) is 14.8 Å². The summed E-state index contributed by atoms with van der Waals surface area (Å²) in [6.45, 7) is 1.69. The van der Waals surface area contributed by atoms with Crippen molar-refractivity contribution in [3.63, 3.8) is 0 Å². The van der Waals surface area contributed by atoms with Crippen molar-refractivity contribution in [2.75, 3.05) is 19.6 Å². The minimum atomic E-state index is -3.57. The van der Waals surface area contributed by atoms with Crippen LogP contribution in [0.2, 0.25) is 0 Å². The van der Waals surface area contributed by atoms with Gasteiger partial charge in [0.05, 0.1) is 0 Å². The van der Waals surface area contributed by atoms with Crippen LogP contribution >= 0.6 is 23.7 Å². The van der Waals surface area contributed by atoms with Gasteiger partial charge >= 0.3 is 0 Å². The molecular formula is C18H30ClN3O3S2. The van der Waals surface area contributed by atoms with E-state index < -0.39 is 16.1 Å². The molecule has 1 aliphatic carbocycles. The van der Waals surface area contributed by atoms with Gasteiger partial charge in [0.15, 0.2) is 0 Å². The Kier molecular flexibility index (Phi) is 9.01. The first-order chi connectivity index (χ1) is 12.6. The van der Waals surface area contributed by atoms with Gasteiger partial charge < -0.3 is 10.6 Å². The van der Waals surface area contributed by atoms with Crippen LogP contribution < -0.4 is 10.6 Å². The number of halogens is 1. The van der Waals surface area contributed by atoms with Crippen LogP contribution in [0.1, 0.15) is 51.4 Å². The first kappa shape index (κ1) is 22.6. The number of nitrogens with one attached hydrogen (secondary N) is 2. The Labute approximate surface area is 172 Å². The number of amides is 1. The molecule has 2 heterocycles. The Morgan fingerprint density at radius 2 is 1.85 bits per heavy atom. The lowest BCUT2D eigenvalue weighted by Gasteiger charge is -2.23. The minimum absolute atomic E-state index is 0. The summed E-state index contributed by atoms with van der Waals surface area (Å²) in [7, 11) is -3.57. The molecule has 2 N–H and O–H groups in total. The Morgan fingerprint density at radius 3 is 2.52 bits per heavy atom. The van der Waals surface area contributed by atoms with Gasteiger partial charge in [0.2, 0.25) is 5.91 Å². The maximum absolute atomic E-state index is 12.7. The maximum atomic E-state index is 12.7. The molecule has 1 aliphatic heterocycles. The highest BCUT2D eigenvalue weighted by Crippen LogP contribution is 2.28. The molecule has 0 spiro atoms. The number of hydrogen-bond donors (Lipinski definition) is 2. The van der Waals surface area contributed by atoms with Gasteiger partial charge in [-0.25, -0.2) is 8.42 Å². The second kappa shape index (κ2) is 10.8. The van der Waals surface area contributed by atoms with E-state index in [2.05, 4.69) is 10.6 Å². The molecule has 1 aromatic rings. The van der Waals surface area contributed by atoms with Crippen LogP contribution in [0, 0.1) is 0 Å². The zero-order valence-electron chi connectivity index (χ0n) is 15.6. The lowest BCUT2D eigenvalue weighted by atomic mass is 10.1. The fourth-order valence-electron chi connectivity index (χ4n) is 3.88. The number of carbonyl (C=O) groups is 1. The second-order valence-electron chi connectivity index (χ2n) is 7.14. The molecular weight excluding hydrogens is 406 g/mol. The summed E-state index contributed by atoms with van der Waals surface area (Å²) in [6.07, 6.45) is 8.95. The average molecular weight is 436 g/mol. The molecule has 2 aliphatic rings. The predicted molar refractivity (Wildman–Crippen MR) is 111 cm³/mol. The number of sulfonamides is 1. The molecule has 0 radical (unpaired) electrons. The lowest BCUT2D eigenvalue weighted by molar-refractivity contribution is -0.124. The van der Waals surface area contributed by atoms with Crippen molar-refractivity contribution in [3.8, 4) is 0 Å². The number of thiophene rings is 1. The summed E-state index contributed by atoms with van der Waals surface area (Å²) in [5, 5.41) is 8.20. The van der Waals surface area contributed by atoms with Gasteiger partial charge in [-0.2, -0.15) is 4.31 Å². The van der Waals surface area contributed by atoms with Crippen molar-refractivity contribution in [1.82, 2.24) is 14.9 Å². The van der Waals surface area contributed by atoms with Gasteiger partial charge in [-0.3, -0.25) is 4.79 Å². The molecule has 0 bridgehead atoms. The SMILES string of the molecule is Cl.O=C(NCCNC1CCCCCC1)C1CCCN1S(=O)(=O)c1cccs1. The van der Waals surface area contributed by atoms with Crippen molar-refractivity contribution in [2.45, 2.75) is 67.7 Å². The van der Waals surface area contributed by atoms with Gasteiger partial charge in [0.1, 0.15) is 10.3 Å². The molecule has 0 aromatic carbocycles.